The maximum atomic E-state index is 13.8. The molecule has 2 aromatic carbocycles. The Labute approximate surface area is 176 Å². The van der Waals surface area contributed by atoms with Crippen LogP contribution in [0, 0.1) is 11.6 Å². The zero-order valence-corrected chi connectivity index (χ0v) is 16.9. The van der Waals surface area contributed by atoms with Crippen LogP contribution in [0.3, 0.4) is 0 Å². The highest BCUT2D eigenvalue weighted by molar-refractivity contribution is 6.00. The van der Waals surface area contributed by atoms with E-state index in [-0.39, 0.29) is 17.3 Å². The van der Waals surface area contributed by atoms with Gasteiger partial charge in [-0.2, -0.15) is 0 Å². The van der Waals surface area contributed by atoms with Gasteiger partial charge in [0.15, 0.2) is 0 Å². The summed E-state index contributed by atoms with van der Waals surface area (Å²) in [5.74, 6) is -1.31. The van der Waals surface area contributed by atoms with Crippen LogP contribution in [0.4, 0.5) is 8.78 Å². The Morgan fingerprint density at radius 2 is 1.39 bits per heavy atom. The molecule has 0 saturated carbocycles. The van der Waals surface area contributed by atoms with Gasteiger partial charge >= 0.3 is 0 Å². The molecule has 5 nitrogen and oxygen atoms in total. The molecular formula is C24H18F2N4O. The highest BCUT2D eigenvalue weighted by Crippen LogP contribution is 2.34. The van der Waals surface area contributed by atoms with Crippen LogP contribution in [-0.4, -0.2) is 20.0 Å². The van der Waals surface area contributed by atoms with Crippen molar-refractivity contribution < 1.29 is 13.6 Å². The highest BCUT2D eigenvalue weighted by atomic mass is 19.1. The molecule has 0 aliphatic carbocycles. The second-order valence-electron chi connectivity index (χ2n) is 7.57. The summed E-state index contributed by atoms with van der Waals surface area (Å²) >= 11 is 0. The molecule has 5 aromatic rings. The minimum atomic E-state index is -0.655. The summed E-state index contributed by atoms with van der Waals surface area (Å²) in [4.78, 5) is 16.5. The molecule has 0 aliphatic heterocycles. The van der Waals surface area contributed by atoms with Gasteiger partial charge in [0.2, 0.25) is 0 Å². The Morgan fingerprint density at radius 3 is 1.97 bits per heavy atom. The second-order valence-corrected chi connectivity index (χ2v) is 7.57. The number of aromatic nitrogens is 3. The van der Waals surface area contributed by atoms with Crippen molar-refractivity contribution in [3.63, 3.8) is 0 Å². The van der Waals surface area contributed by atoms with Crippen molar-refractivity contribution in [2.75, 3.05) is 0 Å². The molecule has 5 rings (SSSR count). The van der Waals surface area contributed by atoms with Crippen LogP contribution in [-0.2, 0) is 14.1 Å². The number of primary amides is 1. The summed E-state index contributed by atoms with van der Waals surface area (Å²) in [5, 5.41) is 1.72. The number of carbonyl (C=O) groups is 1. The lowest BCUT2D eigenvalue weighted by atomic mass is 10.0. The first kappa shape index (κ1) is 19.0. The fourth-order valence-corrected chi connectivity index (χ4v) is 4.14. The Hall–Kier alpha value is -4.00. The first-order chi connectivity index (χ1) is 14.8. The van der Waals surface area contributed by atoms with Gasteiger partial charge in [-0.3, -0.25) is 4.79 Å². The number of rotatable bonds is 3. The van der Waals surface area contributed by atoms with Gasteiger partial charge in [-0.1, -0.05) is 0 Å². The molecule has 0 saturated heterocycles. The maximum absolute atomic E-state index is 13.8. The number of pyridine rings is 1. The minimum Gasteiger partial charge on any atom is -0.364 e. The topological polar surface area (TPSA) is 65.8 Å². The van der Waals surface area contributed by atoms with E-state index in [1.807, 2.05) is 34.4 Å². The van der Waals surface area contributed by atoms with Gasteiger partial charge < -0.3 is 14.9 Å². The van der Waals surface area contributed by atoms with E-state index in [2.05, 4.69) is 4.98 Å². The van der Waals surface area contributed by atoms with Gasteiger partial charge in [0, 0.05) is 42.2 Å². The molecule has 0 aliphatic rings. The van der Waals surface area contributed by atoms with Gasteiger partial charge in [0.25, 0.3) is 5.91 Å². The maximum Gasteiger partial charge on any atom is 0.268 e. The standard InChI is InChI=1S/C24H18F2N4O/c1-29-19(8-13-3-5-16(25)10-20(13)29)15-7-18(23(24(27)31)28-12-15)22-9-14-4-6-17(26)11-21(14)30(22)2/h3-12H,1-2H3,(H2,27,31). The average Bonchev–Trinajstić information content (AvgIpc) is 3.24. The number of carbonyl (C=O) groups excluding carboxylic acids is 1. The molecule has 0 unspecified atom stereocenters. The fraction of sp³-hybridized carbons (Fsp3) is 0.0833. The molecule has 0 bridgehead atoms. The number of amides is 1. The molecule has 3 heterocycles. The quantitative estimate of drug-likeness (QED) is 0.460. The largest absolute Gasteiger partial charge is 0.364 e. The summed E-state index contributed by atoms with van der Waals surface area (Å²) in [7, 11) is 3.65. The SMILES string of the molecule is Cn1c(-c2cnc(C(N)=O)c(-c3cc4ccc(F)cc4n3C)c2)cc2ccc(F)cc21. The van der Waals surface area contributed by atoms with Crippen molar-refractivity contribution in [2.45, 2.75) is 0 Å². The van der Waals surface area contributed by atoms with Crippen LogP contribution in [0.2, 0.25) is 0 Å². The third-order valence-electron chi connectivity index (χ3n) is 5.71. The van der Waals surface area contributed by atoms with E-state index in [4.69, 9.17) is 5.73 Å². The molecule has 2 N–H and O–H groups in total. The Bertz CT molecular complexity index is 1510. The Kier molecular flexibility index (Phi) is 4.15. The number of hydrogen-bond donors (Lipinski definition) is 1. The van der Waals surface area contributed by atoms with Crippen molar-refractivity contribution in [1.82, 2.24) is 14.1 Å². The zero-order chi connectivity index (χ0) is 21.9. The monoisotopic (exact) mass is 416 g/mol. The molecule has 0 fully saturated rings. The fourth-order valence-electron chi connectivity index (χ4n) is 4.14. The van der Waals surface area contributed by atoms with E-state index >= 15 is 0 Å². The van der Waals surface area contributed by atoms with E-state index in [1.54, 1.807) is 25.4 Å². The second kappa shape index (κ2) is 6.77. The van der Waals surface area contributed by atoms with Gasteiger partial charge in [0.1, 0.15) is 17.3 Å². The van der Waals surface area contributed by atoms with E-state index in [0.29, 0.717) is 16.8 Å². The smallest absolute Gasteiger partial charge is 0.268 e. The number of benzene rings is 2. The Morgan fingerprint density at radius 1 is 0.839 bits per heavy atom. The molecular weight excluding hydrogens is 398 g/mol. The number of hydrogen-bond acceptors (Lipinski definition) is 2. The third-order valence-corrected chi connectivity index (χ3v) is 5.71. The molecule has 31 heavy (non-hydrogen) atoms. The first-order valence-electron chi connectivity index (χ1n) is 9.64. The van der Waals surface area contributed by atoms with Gasteiger partial charge in [-0.15, -0.1) is 0 Å². The number of nitrogens with zero attached hydrogens (tertiary/aromatic N) is 3. The van der Waals surface area contributed by atoms with E-state index < -0.39 is 5.91 Å². The van der Waals surface area contributed by atoms with E-state index in [1.165, 1.54) is 24.3 Å². The highest BCUT2D eigenvalue weighted by Gasteiger charge is 2.19. The third kappa shape index (κ3) is 2.97. The van der Waals surface area contributed by atoms with Crippen LogP contribution < -0.4 is 5.73 Å². The van der Waals surface area contributed by atoms with Crippen LogP contribution in [0.5, 0.6) is 0 Å². The average molecular weight is 416 g/mol. The first-order valence-corrected chi connectivity index (χ1v) is 9.64. The lowest BCUT2D eigenvalue weighted by Gasteiger charge is -2.11. The van der Waals surface area contributed by atoms with Crippen molar-refractivity contribution >= 4 is 27.7 Å². The number of nitrogens with two attached hydrogens (primary N) is 1. The number of aryl methyl sites for hydroxylation is 2. The molecule has 0 atom stereocenters. The summed E-state index contributed by atoms with van der Waals surface area (Å²) in [6.45, 7) is 0. The lowest BCUT2D eigenvalue weighted by molar-refractivity contribution is 0.0996. The van der Waals surface area contributed by atoms with Crippen LogP contribution in [0.15, 0.2) is 60.8 Å². The predicted molar refractivity (Wildman–Crippen MR) is 116 cm³/mol. The Balaban J connectivity index is 1.76. The van der Waals surface area contributed by atoms with Crippen molar-refractivity contribution in [3.8, 4) is 22.5 Å². The molecule has 7 heteroatoms. The van der Waals surface area contributed by atoms with Crippen LogP contribution >= 0.6 is 0 Å². The number of halogens is 2. The normalized spacial score (nSPS) is 11.5. The molecule has 154 valence electrons. The van der Waals surface area contributed by atoms with Crippen molar-refractivity contribution in [3.05, 3.63) is 78.1 Å². The zero-order valence-electron chi connectivity index (χ0n) is 16.9. The minimum absolute atomic E-state index is 0.125. The van der Waals surface area contributed by atoms with E-state index in [9.17, 15) is 13.6 Å². The number of fused-ring (bicyclic) bond motifs is 2. The van der Waals surface area contributed by atoms with E-state index in [0.717, 1.165) is 27.5 Å². The van der Waals surface area contributed by atoms with Gasteiger partial charge in [0.05, 0.1) is 22.4 Å². The molecule has 0 radical (unpaired) electrons. The summed E-state index contributed by atoms with van der Waals surface area (Å²) in [5.41, 5.74) is 9.95. The summed E-state index contributed by atoms with van der Waals surface area (Å²) in [6.07, 6.45) is 1.58. The predicted octanol–water partition coefficient (Wildman–Crippen LogP) is 4.78. The van der Waals surface area contributed by atoms with Crippen LogP contribution in [0.1, 0.15) is 10.5 Å². The van der Waals surface area contributed by atoms with Crippen LogP contribution in [0.25, 0.3) is 44.3 Å². The van der Waals surface area contributed by atoms with Crippen molar-refractivity contribution in [1.29, 1.82) is 0 Å². The van der Waals surface area contributed by atoms with Gasteiger partial charge in [-0.05, 0) is 54.6 Å². The molecule has 1 amide bonds. The van der Waals surface area contributed by atoms with Crippen molar-refractivity contribution in [2.24, 2.45) is 19.8 Å². The lowest BCUT2D eigenvalue weighted by Crippen LogP contribution is -2.15. The molecule has 3 aromatic heterocycles. The molecule has 0 spiro atoms. The van der Waals surface area contributed by atoms with Gasteiger partial charge in [-0.25, -0.2) is 13.8 Å². The summed E-state index contributed by atoms with van der Waals surface area (Å²) < 4.78 is 31.2. The summed E-state index contributed by atoms with van der Waals surface area (Å²) in [6, 6.07) is 14.8.